The second-order valence-corrected chi connectivity index (χ2v) is 0.632. The van der Waals surface area contributed by atoms with Crippen molar-refractivity contribution in [2.45, 2.75) is 0 Å². The van der Waals surface area contributed by atoms with Crippen LogP contribution in [0, 0.1) is 0 Å². The molecule has 0 saturated carbocycles. The second-order valence-electron chi connectivity index (χ2n) is 0.211. The Bertz CT molecular complexity index is 30.7. The van der Waals surface area contributed by atoms with Gasteiger partial charge < -0.3 is 9.79 Å². The molecule has 2 unspecified atom stereocenters. The van der Waals surface area contributed by atoms with Crippen molar-refractivity contribution in [2.24, 2.45) is 0 Å². The molecule has 1 radical (unpaired) electrons. The van der Waals surface area contributed by atoms with Gasteiger partial charge in [-0.1, -0.05) is 0 Å². The zero-order chi connectivity index (χ0) is 5.41. The van der Waals surface area contributed by atoms with E-state index in [1.54, 1.807) is 0 Å². The van der Waals surface area contributed by atoms with Crippen LogP contribution in [-0.2, 0) is 29.2 Å². The summed E-state index contributed by atoms with van der Waals surface area (Å²) in [6, 6.07) is 0. The van der Waals surface area contributed by atoms with Crippen molar-refractivity contribution in [3.8, 4) is 0 Å². The summed E-state index contributed by atoms with van der Waals surface area (Å²) in [5.41, 5.74) is 0. The van der Waals surface area contributed by atoms with E-state index in [-0.39, 0.29) is 20.1 Å². The van der Waals surface area contributed by atoms with Crippen molar-refractivity contribution in [1.82, 2.24) is 0 Å². The van der Waals surface area contributed by atoms with E-state index in [0.29, 0.717) is 0 Å². The van der Waals surface area contributed by atoms with Gasteiger partial charge >= 0.3 is 0 Å². The third-order valence-corrected chi connectivity index (χ3v) is 0. The van der Waals surface area contributed by atoms with E-state index in [4.69, 9.17) is 18.9 Å². The predicted octanol–water partition coefficient (Wildman–Crippen LogP) is -0.702. The first-order chi connectivity index (χ1) is 2.83. The molecular formula is H6IrO4P2. The molecule has 2 atom stereocenters. The van der Waals surface area contributed by atoms with E-state index >= 15 is 0 Å². The maximum absolute atomic E-state index is 8.57. The molecule has 0 bridgehead atoms. The molecule has 0 aromatic rings. The van der Waals surface area contributed by atoms with E-state index < -0.39 is 17.4 Å². The third-order valence-electron chi connectivity index (χ3n) is 0. The first-order valence-electron chi connectivity index (χ1n) is 0.988. The summed E-state index contributed by atoms with van der Waals surface area (Å²) in [5.74, 6) is 0. The van der Waals surface area contributed by atoms with Crippen LogP contribution in [0.25, 0.3) is 0 Å². The van der Waals surface area contributed by atoms with Crippen molar-refractivity contribution < 1.29 is 39.0 Å². The Kier molecular flexibility index (Phi) is 62.4. The Morgan fingerprint density at radius 3 is 1.00 bits per heavy atom. The molecule has 0 aliphatic carbocycles. The Morgan fingerprint density at radius 2 is 1.00 bits per heavy atom. The molecule has 0 saturated heterocycles. The van der Waals surface area contributed by atoms with E-state index in [2.05, 4.69) is 0 Å². The molecule has 0 aromatic carbocycles. The first-order valence-corrected chi connectivity index (χ1v) is 2.96. The minimum absolute atomic E-state index is 0. The number of hydrogen-bond donors (Lipinski definition) is 2. The van der Waals surface area contributed by atoms with Gasteiger partial charge in [-0.2, -0.15) is 0 Å². The molecule has 0 fully saturated rings. The molecule has 4 nitrogen and oxygen atoms in total. The Hall–Kier alpha value is 1.03. The summed E-state index contributed by atoms with van der Waals surface area (Å²) in [6.07, 6.45) is 0. The quantitative estimate of drug-likeness (QED) is 0.578. The van der Waals surface area contributed by atoms with Gasteiger partial charge in [0.25, 0.3) is 0 Å². The molecule has 7 heavy (non-hydrogen) atoms. The van der Waals surface area contributed by atoms with Crippen LogP contribution in [0.4, 0.5) is 0 Å². The predicted molar refractivity (Wildman–Crippen MR) is 25.2 cm³/mol. The Morgan fingerprint density at radius 1 is 1.00 bits per heavy atom. The molecule has 7 heteroatoms. The largest absolute Gasteiger partial charge is 0.348 e. The smallest absolute Gasteiger partial charge is 0.177 e. The third kappa shape index (κ3) is 168. The molecule has 0 aliphatic heterocycles. The normalized spacial score (nSPS) is 8.29. The zero-order valence-corrected chi connectivity index (χ0v) is 7.90. The Labute approximate surface area is 56.9 Å². The van der Waals surface area contributed by atoms with Crippen molar-refractivity contribution in [3.05, 3.63) is 0 Å². The monoisotopic (exact) mass is 325 g/mol. The molecule has 0 rings (SSSR count). The first kappa shape index (κ1) is 15.7. The van der Waals surface area contributed by atoms with Crippen molar-refractivity contribution in [1.29, 1.82) is 0 Å². The minimum Gasteiger partial charge on any atom is -0.348 e. The van der Waals surface area contributed by atoms with E-state index in [1.165, 1.54) is 0 Å². The van der Waals surface area contributed by atoms with Crippen molar-refractivity contribution >= 4 is 17.4 Å². The summed E-state index contributed by atoms with van der Waals surface area (Å²) in [4.78, 5) is 14.2. The SMILES string of the molecule is O=[PH2]O.O=[PH2]O.[Ir]. The summed E-state index contributed by atoms with van der Waals surface area (Å²) in [6.45, 7) is 0. The van der Waals surface area contributed by atoms with Gasteiger partial charge in [0.2, 0.25) is 0 Å². The fourth-order valence-corrected chi connectivity index (χ4v) is 0. The average molecular weight is 324 g/mol. The molecule has 0 heterocycles. The summed E-state index contributed by atoms with van der Waals surface area (Å²) < 4.78 is 17.1. The molecule has 0 aliphatic rings. The van der Waals surface area contributed by atoms with Gasteiger partial charge in [-0.3, -0.25) is 9.13 Å². The van der Waals surface area contributed by atoms with Gasteiger partial charge in [0.15, 0.2) is 17.4 Å². The van der Waals surface area contributed by atoms with Crippen LogP contribution >= 0.6 is 17.4 Å². The molecule has 49 valence electrons. The second kappa shape index (κ2) is 27.8. The van der Waals surface area contributed by atoms with Crippen LogP contribution in [0.1, 0.15) is 0 Å². The maximum atomic E-state index is 8.57. The van der Waals surface area contributed by atoms with Gasteiger partial charge in [0.1, 0.15) is 0 Å². The van der Waals surface area contributed by atoms with Gasteiger partial charge in [0.05, 0.1) is 0 Å². The van der Waals surface area contributed by atoms with E-state index in [9.17, 15) is 0 Å². The summed E-state index contributed by atoms with van der Waals surface area (Å²) >= 11 is 0. The molecule has 0 aromatic heterocycles. The van der Waals surface area contributed by atoms with Crippen molar-refractivity contribution in [3.63, 3.8) is 0 Å². The standard InChI is InChI=1S/Ir.2H3O2P/c;2*1-3-2/h;2*3H2,(H,1,2). The van der Waals surface area contributed by atoms with Gasteiger partial charge in [-0.25, -0.2) is 0 Å². The molecule has 2 N–H and O–H groups in total. The number of rotatable bonds is 0. The van der Waals surface area contributed by atoms with Crippen LogP contribution in [0.5, 0.6) is 0 Å². The fraction of sp³-hybridized carbons (Fsp3) is 0. The molecule has 0 amide bonds. The van der Waals surface area contributed by atoms with Crippen LogP contribution < -0.4 is 0 Å². The van der Waals surface area contributed by atoms with Crippen LogP contribution in [0.15, 0.2) is 0 Å². The number of hydrogen-bond acceptors (Lipinski definition) is 2. The molecular weight excluding hydrogens is 318 g/mol. The minimum atomic E-state index is -1.50. The van der Waals surface area contributed by atoms with Crippen LogP contribution in [0.3, 0.4) is 0 Å². The van der Waals surface area contributed by atoms with Crippen LogP contribution in [0.2, 0.25) is 0 Å². The topological polar surface area (TPSA) is 74.6 Å². The van der Waals surface area contributed by atoms with Crippen molar-refractivity contribution in [2.75, 3.05) is 0 Å². The fourth-order valence-electron chi connectivity index (χ4n) is 0. The van der Waals surface area contributed by atoms with Gasteiger partial charge in [-0.15, -0.1) is 0 Å². The van der Waals surface area contributed by atoms with E-state index in [0.717, 1.165) is 0 Å². The summed E-state index contributed by atoms with van der Waals surface area (Å²) in [5, 5.41) is 0. The van der Waals surface area contributed by atoms with Gasteiger partial charge in [-0.05, 0) is 0 Å². The average Bonchev–Trinajstić information content (AvgIpc) is 1.39. The molecule has 0 spiro atoms. The maximum Gasteiger partial charge on any atom is 0.177 e. The Balaban J connectivity index is -0.0000000400. The summed E-state index contributed by atoms with van der Waals surface area (Å²) in [7, 11) is -3.00. The van der Waals surface area contributed by atoms with Gasteiger partial charge in [0, 0.05) is 20.1 Å². The van der Waals surface area contributed by atoms with E-state index in [1.807, 2.05) is 0 Å². The zero-order valence-electron chi connectivity index (χ0n) is 3.20. The van der Waals surface area contributed by atoms with Crippen LogP contribution in [-0.4, -0.2) is 9.79 Å².